The number of hydrogen-bond donors (Lipinski definition) is 1. The van der Waals surface area contributed by atoms with Crippen molar-refractivity contribution in [1.82, 2.24) is 10.3 Å². The predicted octanol–water partition coefficient (Wildman–Crippen LogP) is 3.82. The number of likely N-dealkylation sites (N-methyl/N-ethyl adjacent to an activating group) is 1. The summed E-state index contributed by atoms with van der Waals surface area (Å²) in [6.45, 7) is 4.59. The summed E-state index contributed by atoms with van der Waals surface area (Å²) in [5.74, 6) is 0.853. The van der Waals surface area contributed by atoms with Gasteiger partial charge in [0.05, 0.1) is 0 Å². The van der Waals surface area contributed by atoms with Gasteiger partial charge in [0.1, 0.15) is 0 Å². The molecule has 1 N–H and O–H groups in total. The van der Waals surface area contributed by atoms with Gasteiger partial charge in [0.2, 0.25) is 0 Å². The first-order chi connectivity index (χ1) is 8.80. The Hall–Kier alpha value is -0.890. The molecule has 0 amide bonds. The topological polar surface area (TPSA) is 24.9 Å². The molecular formula is C16H28N2. The SMILES string of the molecule is CCCCC(CC)CC(Cc1ccccn1)NC. The summed E-state index contributed by atoms with van der Waals surface area (Å²) in [7, 11) is 2.07. The Morgan fingerprint density at radius 1 is 1.28 bits per heavy atom. The number of pyridine rings is 1. The van der Waals surface area contributed by atoms with Crippen molar-refractivity contribution in [3.05, 3.63) is 30.1 Å². The maximum absolute atomic E-state index is 4.42. The van der Waals surface area contributed by atoms with Gasteiger partial charge in [-0.3, -0.25) is 4.98 Å². The maximum Gasteiger partial charge on any atom is 0.0419 e. The molecule has 0 aromatic carbocycles. The standard InChI is InChI=1S/C16H28N2/c1-4-6-9-14(5-2)12-16(17-3)13-15-10-7-8-11-18-15/h7-8,10-11,14,16-17H,4-6,9,12-13H2,1-3H3. The zero-order chi connectivity index (χ0) is 13.2. The van der Waals surface area contributed by atoms with Crippen LogP contribution in [0.15, 0.2) is 24.4 Å². The van der Waals surface area contributed by atoms with E-state index in [9.17, 15) is 0 Å². The first-order valence-electron chi connectivity index (χ1n) is 7.37. The van der Waals surface area contributed by atoms with Gasteiger partial charge in [0.15, 0.2) is 0 Å². The van der Waals surface area contributed by atoms with E-state index in [1.54, 1.807) is 0 Å². The second-order valence-electron chi connectivity index (χ2n) is 5.16. The third kappa shape index (κ3) is 5.63. The molecule has 1 heterocycles. The van der Waals surface area contributed by atoms with Crippen molar-refractivity contribution in [3.63, 3.8) is 0 Å². The van der Waals surface area contributed by atoms with E-state index >= 15 is 0 Å². The first-order valence-corrected chi connectivity index (χ1v) is 7.37. The Kier molecular flexibility index (Phi) is 7.66. The Morgan fingerprint density at radius 3 is 2.67 bits per heavy atom. The minimum atomic E-state index is 0.557. The molecule has 0 aliphatic rings. The third-order valence-electron chi connectivity index (χ3n) is 3.75. The normalized spacial score (nSPS) is 14.4. The van der Waals surface area contributed by atoms with Crippen LogP contribution in [0.25, 0.3) is 0 Å². The molecule has 2 atom stereocenters. The largest absolute Gasteiger partial charge is 0.317 e. The zero-order valence-electron chi connectivity index (χ0n) is 12.2. The molecule has 2 heteroatoms. The molecule has 0 saturated carbocycles. The summed E-state index contributed by atoms with van der Waals surface area (Å²) in [5.41, 5.74) is 1.20. The monoisotopic (exact) mass is 248 g/mol. The Balaban J connectivity index is 2.45. The quantitative estimate of drug-likeness (QED) is 0.718. The van der Waals surface area contributed by atoms with Crippen LogP contribution in [0, 0.1) is 5.92 Å². The van der Waals surface area contributed by atoms with Gasteiger partial charge in [-0.2, -0.15) is 0 Å². The van der Waals surface area contributed by atoms with Crippen molar-refractivity contribution in [3.8, 4) is 0 Å². The molecule has 0 aliphatic carbocycles. The van der Waals surface area contributed by atoms with Crippen LogP contribution in [-0.2, 0) is 6.42 Å². The predicted molar refractivity (Wildman–Crippen MR) is 78.7 cm³/mol. The number of nitrogens with zero attached hydrogens (tertiary/aromatic N) is 1. The van der Waals surface area contributed by atoms with Crippen molar-refractivity contribution in [1.29, 1.82) is 0 Å². The van der Waals surface area contributed by atoms with Gasteiger partial charge in [-0.15, -0.1) is 0 Å². The Bertz CT molecular complexity index is 297. The molecule has 1 rings (SSSR count). The Morgan fingerprint density at radius 2 is 2.11 bits per heavy atom. The van der Waals surface area contributed by atoms with Gasteiger partial charge in [0, 0.05) is 24.4 Å². The molecule has 0 fully saturated rings. The molecule has 2 unspecified atom stereocenters. The molecule has 18 heavy (non-hydrogen) atoms. The summed E-state index contributed by atoms with van der Waals surface area (Å²) >= 11 is 0. The van der Waals surface area contributed by atoms with E-state index in [0.29, 0.717) is 6.04 Å². The fourth-order valence-corrected chi connectivity index (χ4v) is 2.46. The van der Waals surface area contributed by atoms with Crippen LogP contribution >= 0.6 is 0 Å². The number of aromatic nitrogens is 1. The van der Waals surface area contributed by atoms with E-state index < -0.39 is 0 Å². The van der Waals surface area contributed by atoms with Crippen molar-refractivity contribution >= 4 is 0 Å². The van der Waals surface area contributed by atoms with E-state index in [1.807, 2.05) is 12.3 Å². The highest BCUT2D eigenvalue weighted by atomic mass is 14.9. The highest BCUT2D eigenvalue weighted by molar-refractivity contribution is 5.05. The molecule has 0 aliphatic heterocycles. The number of nitrogens with one attached hydrogen (secondary N) is 1. The maximum atomic E-state index is 4.42. The smallest absolute Gasteiger partial charge is 0.0419 e. The lowest BCUT2D eigenvalue weighted by molar-refractivity contribution is 0.357. The lowest BCUT2D eigenvalue weighted by Crippen LogP contribution is -2.30. The van der Waals surface area contributed by atoms with Gasteiger partial charge >= 0.3 is 0 Å². The number of rotatable bonds is 9. The van der Waals surface area contributed by atoms with Crippen LogP contribution < -0.4 is 5.32 Å². The fourth-order valence-electron chi connectivity index (χ4n) is 2.46. The minimum absolute atomic E-state index is 0.557. The molecule has 0 spiro atoms. The lowest BCUT2D eigenvalue weighted by atomic mass is 9.90. The highest BCUT2D eigenvalue weighted by Gasteiger charge is 2.14. The molecule has 2 nitrogen and oxygen atoms in total. The van der Waals surface area contributed by atoms with Crippen LogP contribution in [0.2, 0.25) is 0 Å². The first kappa shape index (κ1) is 15.2. The summed E-state index contributed by atoms with van der Waals surface area (Å²) in [6.07, 6.45) is 9.52. The molecule has 0 bridgehead atoms. The lowest BCUT2D eigenvalue weighted by Gasteiger charge is -2.22. The van der Waals surface area contributed by atoms with E-state index in [0.717, 1.165) is 12.3 Å². The number of unbranched alkanes of at least 4 members (excludes halogenated alkanes) is 1. The zero-order valence-corrected chi connectivity index (χ0v) is 12.2. The summed E-state index contributed by atoms with van der Waals surface area (Å²) in [4.78, 5) is 4.42. The average Bonchev–Trinajstić information content (AvgIpc) is 2.43. The highest BCUT2D eigenvalue weighted by Crippen LogP contribution is 2.19. The van der Waals surface area contributed by atoms with Crippen LogP contribution in [-0.4, -0.2) is 18.1 Å². The fraction of sp³-hybridized carbons (Fsp3) is 0.688. The van der Waals surface area contributed by atoms with Crippen molar-refractivity contribution in [2.75, 3.05) is 7.05 Å². The second-order valence-corrected chi connectivity index (χ2v) is 5.16. The van der Waals surface area contributed by atoms with Crippen molar-refractivity contribution in [2.24, 2.45) is 5.92 Å². The van der Waals surface area contributed by atoms with Crippen LogP contribution in [0.5, 0.6) is 0 Å². The molecule has 0 radical (unpaired) electrons. The minimum Gasteiger partial charge on any atom is -0.317 e. The van der Waals surface area contributed by atoms with Crippen LogP contribution in [0.4, 0.5) is 0 Å². The molecule has 0 saturated heterocycles. The summed E-state index contributed by atoms with van der Waals surface area (Å²) < 4.78 is 0. The van der Waals surface area contributed by atoms with Gasteiger partial charge < -0.3 is 5.32 Å². The van der Waals surface area contributed by atoms with Crippen LogP contribution in [0.3, 0.4) is 0 Å². The van der Waals surface area contributed by atoms with E-state index in [1.165, 1.54) is 37.8 Å². The van der Waals surface area contributed by atoms with Gasteiger partial charge in [-0.05, 0) is 31.5 Å². The van der Waals surface area contributed by atoms with Crippen LogP contribution in [0.1, 0.15) is 51.6 Å². The third-order valence-corrected chi connectivity index (χ3v) is 3.75. The molecule has 1 aromatic heterocycles. The van der Waals surface area contributed by atoms with E-state index in [4.69, 9.17) is 0 Å². The molecular weight excluding hydrogens is 220 g/mol. The van der Waals surface area contributed by atoms with Gasteiger partial charge in [-0.1, -0.05) is 45.6 Å². The second kappa shape index (κ2) is 9.09. The Labute approximate surface area is 112 Å². The molecule has 102 valence electrons. The summed E-state index contributed by atoms with van der Waals surface area (Å²) in [5, 5.41) is 3.45. The van der Waals surface area contributed by atoms with Gasteiger partial charge in [0.25, 0.3) is 0 Å². The van der Waals surface area contributed by atoms with Crippen molar-refractivity contribution in [2.45, 2.75) is 58.4 Å². The number of hydrogen-bond acceptors (Lipinski definition) is 2. The average molecular weight is 248 g/mol. The summed E-state index contributed by atoms with van der Waals surface area (Å²) in [6, 6.07) is 6.73. The van der Waals surface area contributed by atoms with E-state index in [2.05, 4.69) is 43.3 Å². The molecule has 1 aromatic rings. The van der Waals surface area contributed by atoms with Crippen molar-refractivity contribution < 1.29 is 0 Å². The van der Waals surface area contributed by atoms with E-state index in [-0.39, 0.29) is 0 Å². The van der Waals surface area contributed by atoms with Gasteiger partial charge in [-0.25, -0.2) is 0 Å².